The van der Waals surface area contributed by atoms with E-state index in [1.165, 1.54) is 34.2 Å². The predicted octanol–water partition coefficient (Wildman–Crippen LogP) is 3.15. The van der Waals surface area contributed by atoms with E-state index in [0.717, 1.165) is 4.57 Å². The molecule has 1 aliphatic heterocycles. The Morgan fingerprint density at radius 2 is 1.82 bits per heavy atom. The second-order valence-corrected chi connectivity index (χ2v) is 13.1. The van der Waals surface area contributed by atoms with Gasteiger partial charge in [-0.25, -0.2) is 28.5 Å². The van der Waals surface area contributed by atoms with E-state index in [2.05, 4.69) is 27.5 Å². The van der Waals surface area contributed by atoms with Crippen molar-refractivity contribution in [1.29, 1.82) is 0 Å². The minimum absolute atomic E-state index is 0.0123. The SMILES string of the molecule is C=CCc1cccc([C@H]2C3=CCn4c(=O)n(CCc5nc6cc(OC)c(OC)cc6n(C)c5=O)c(=O)n4[C@@H]3CC3=C2C(=O)C=C(Br)C3=O)c1O. The van der Waals surface area contributed by atoms with Gasteiger partial charge in [-0.3, -0.25) is 14.4 Å². The summed E-state index contributed by atoms with van der Waals surface area (Å²) in [5, 5.41) is 11.4. The Hall–Kier alpha value is -5.50. The van der Waals surface area contributed by atoms with Gasteiger partial charge < -0.3 is 19.1 Å². The van der Waals surface area contributed by atoms with Crippen LogP contribution in [0.3, 0.4) is 0 Å². The van der Waals surface area contributed by atoms with E-state index in [-0.39, 0.29) is 58.8 Å². The average molecular weight is 743 g/mol. The molecule has 0 bridgehead atoms. The number of nitrogens with zero attached hydrogens (tertiary/aromatic N) is 5. The van der Waals surface area contributed by atoms with Gasteiger partial charge in [-0.1, -0.05) is 30.4 Å². The third-order valence-electron chi connectivity index (χ3n) is 9.72. The van der Waals surface area contributed by atoms with Gasteiger partial charge in [0.15, 0.2) is 23.1 Å². The topological polar surface area (TPSA) is 157 Å². The maximum Gasteiger partial charge on any atom is 0.347 e. The number of hydrogen-bond acceptors (Lipinski definition) is 9. The molecule has 0 saturated carbocycles. The van der Waals surface area contributed by atoms with Crippen molar-refractivity contribution in [2.45, 2.75) is 44.3 Å². The monoisotopic (exact) mass is 741 g/mol. The zero-order chi connectivity index (χ0) is 35.6. The second kappa shape index (κ2) is 12.4. The molecule has 14 heteroatoms. The molecule has 0 radical (unpaired) electrons. The van der Waals surface area contributed by atoms with Crippen LogP contribution in [0.4, 0.5) is 0 Å². The number of phenols is 1. The Morgan fingerprint density at radius 3 is 2.54 bits per heavy atom. The van der Waals surface area contributed by atoms with Crippen LogP contribution in [-0.4, -0.2) is 54.4 Å². The molecule has 2 aliphatic carbocycles. The van der Waals surface area contributed by atoms with E-state index in [0.29, 0.717) is 45.7 Å². The minimum Gasteiger partial charge on any atom is -0.507 e. The maximum absolute atomic E-state index is 14.1. The number of carbonyl (C=O) groups is 2. The standard InChI is InChI=1S/C36H32BrN5O8/c1-5-7-18-8-6-9-20(32(18)44)30-19-10-13-41-35(47)40(36(48)42(41)25(19)14-21-31(30)27(43)15-22(37)33(21)45)12-11-23-34(46)39(2)26-17-29(50-4)28(49-3)16-24(26)38-23/h5-6,8-10,15-17,25,30,44H,1,7,11-14H2,2-4H3/t25-,30-/m1/s1. The number of allylic oxidation sites excluding steroid dienone is 7. The number of rotatable bonds is 8. The first-order valence-corrected chi connectivity index (χ1v) is 16.6. The molecule has 2 atom stereocenters. The largest absolute Gasteiger partial charge is 0.507 e. The van der Waals surface area contributed by atoms with Gasteiger partial charge >= 0.3 is 11.4 Å². The van der Waals surface area contributed by atoms with E-state index in [9.17, 15) is 29.1 Å². The van der Waals surface area contributed by atoms with Gasteiger partial charge in [0.25, 0.3) is 5.56 Å². The van der Waals surface area contributed by atoms with Crippen LogP contribution in [0.5, 0.6) is 17.2 Å². The highest BCUT2D eigenvalue weighted by atomic mass is 79.9. The molecule has 50 heavy (non-hydrogen) atoms. The van der Waals surface area contributed by atoms with Gasteiger partial charge in [0.05, 0.1) is 42.3 Å². The fourth-order valence-corrected chi connectivity index (χ4v) is 7.77. The average Bonchev–Trinajstić information content (AvgIpc) is 3.36. The molecule has 0 spiro atoms. The molecule has 0 saturated heterocycles. The highest BCUT2D eigenvalue weighted by Crippen LogP contribution is 2.52. The van der Waals surface area contributed by atoms with Crippen LogP contribution >= 0.6 is 15.9 Å². The minimum atomic E-state index is -0.846. The molecule has 1 N–H and O–H groups in total. The molecular formula is C36H32BrN5O8. The van der Waals surface area contributed by atoms with Gasteiger partial charge in [0.1, 0.15) is 11.4 Å². The summed E-state index contributed by atoms with van der Waals surface area (Å²) in [5.74, 6) is -0.788. The fraction of sp³-hybridized carbons (Fsp3) is 0.278. The molecule has 2 aromatic heterocycles. The van der Waals surface area contributed by atoms with Crippen LogP contribution in [0.2, 0.25) is 0 Å². The number of halogens is 1. The lowest BCUT2D eigenvalue weighted by molar-refractivity contribution is -0.115. The molecule has 7 rings (SSSR count). The van der Waals surface area contributed by atoms with E-state index in [1.54, 1.807) is 49.5 Å². The third-order valence-corrected chi connectivity index (χ3v) is 10.3. The smallest absolute Gasteiger partial charge is 0.347 e. The second-order valence-electron chi connectivity index (χ2n) is 12.3. The van der Waals surface area contributed by atoms with E-state index in [4.69, 9.17) is 9.47 Å². The van der Waals surface area contributed by atoms with Crippen LogP contribution in [0.15, 0.2) is 90.7 Å². The van der Waals surface area contributed by atoms with Crippen LogP contribution in [0, 0.1) is 0 Å². The molecular weight excluding hydrogens is 710 g/mol. The summed E-state index contributed by atoms with van der Waals surface area (Å²) in [4.78, 5) is 72.9. The van der Waals surface area contributed by atoms with E-state index >= 15 is 0 Å². The fourth-order valence-electron chi connectivity index (χ4n) is 7.33. The van der Waals surface area contributed by atoms with Crippen LogP contribution in [0.25, 0.3) is 11.0 Å². The molecule has 4 aromatic rings. The summed E-state index contributed by atoms with van der Waals surface area (Å²) in [6.45, 7) is 3.64. The molecule has 2 aromatic carbocycles. The lowest BCUT2D eigenvalue weighted by atomic mass is 9.68. The number of carbonyl (C=O) groups excluding carboxylic acids is 2. The Balaban J connectivity index is 1.31. The van der Waals surface area contributed by atoms with Crippen molar-refractivity contribution in [1.82, 2.24) is 23.5 Å². The Labute approximate surface area is 292 Å². The number of fused-ring (bicyclic) bond motifs is 4. The summed E-state index contributed by atoms with van der Waals surface area (Å²) >= 11 is 3.22. The van der Waals surface area contributed by atoms with Gasteiger partial charge in [-0.2, -0.15) is 0 Å². The van der Waals surface area contributed by atoms with Crippen LogP contribution < -0.4 is 26.4 Å². The Bertz CT molecular complexity index is 2460. The summed E-state index contributed by atoms with van der Waals surface area (Å²) in [6, 6.07) is 7.72. The lowest BCUT2D eigenvalue weighted by Crippen LogP contribution is -2.40. The summed E-state index contributed by atoms with van der Waals surface area (Å²) in [5.41, 5.74) is 1.60. The van der Waals surface area contributed by atoms with Crippen LogP contribution in [0.1, 0.15) is 35.2 Å². The Morgan fingerprint density at radius 1 is 1.08 bits per heavy atom. The first-order chi connectivity index (χ1) is 24.0. The number of para-hydroxylation sites is 1. The zero-order valence-electron chi connectivity index (χ0n) is 27.4. The summed E-state index contributed by atoms with van der Waals surface area (Å²) < 4.78 is 16.0. The number of ether oxygens (including phenoxy) is 2. The molecule has 13 nitrogen and oxygen atoms in total. The van der Waals surface area contributed by atoms with Gasteiger partial charge in [-0.15, -0.1) is 6.58 Å². The van der Waals surface area contributed by atoms with Crippen molar-refractivity contribution < 1.29 is 24.2 Å². The molecule has 3 heterocycles. The number of methoxy groups -OCH3 is 2. The first kappa shape index (κ1) is 33.0. The highest BCUT2D eigenvalue weighted by molar-refractivity contribution is 9.12. The van der Waals surface area contributed by atoms with Gasteiger partial charge in [-0.05, 0) is 33.5 Å². The quantitative estimate of drug-likeness (QED) is 0.212. The predicted molar refractivity (Wildman–Crippen MR) is 187 cm³/mol. The van der Waals surface area contributed by atoms with E-state index in [1.807, 2.05) is 0 Å². The third kappa shape index (κ3) is 4.96. The molecule has 0 amide bonds. The van der Waals surface area contributed by atoms with Crippen molar-refractivity contribution in [2.75, 3.05) is 14.2 Å². The number of phenolic OH excluding ortho intramolecular Hbond substituents is 1. The van der Waals surface area contributed by atoms with Gasteiger partial charge in [0.2, 0.25) is 0 Å². The zero-order valence-corrected chi connectivity index (χ0v) is 29.0. The number of ketones is 2. The normalized spacial score (nSPS) is 18.3. The number of Topliss-reactive ketones (excluding diaryl/α,β-unsaturated/α-hetero) is 1. The molecule has 256 valence electrons. The lowest BCUT2D eigenvalue weighted by Gasteiger charge is -2.39. The molecule has 3 aliphatic rings. The number of aryl methyl sites for hydroxylation is 2. The van der Waals surface area contributed by atoms with Crippen molar-refractivity contribution >= 4 is 38.5 Å². The van der Waals surface area contributed by atoms with Crippen molar-refractivity contribution in [2.24, 2.45) is 7.05 Å². The van der Waals surface area contributed by atoms with Crippen LogP contribution in [-0.2, 0) is 42.6 Å². The summed E-state index contributed by atoms with van der Waals surface area (Å²) in [7, 11) is 4.59. The number of hydrogen-bond donors (Lipinski definition) is 1. The van der Waals surface area contributed by atoms with Gasteiger partial charge in [0, 0.05) is 67.3 Å². The molecule has 0 fully saturated rings. The summed E-state index contributed by atoms with van der Waals surface area (Å²) in [6.07, 6.45) is 5.02. The Kier molecular flexibility index (Phi) is 8.21. The number of aromatic nitrogens is 5. The van der Waals surface area contributed by atoms with Crippen molar-refractivity contribution in [3.63, 3.8) is 0 Å². The van der Waals surface area contributed by atoms with Crippen molar-refractivity contribution in [3.05, 3.63) is 124 Å². The van der Waals surface area contributed by atoms with E-state index < -0.39 is 34.7 Å². The number of aromatic hydroxyl groups is 1. The molecule has 0 unspecified atom stereocenters. The number of benzene rings is 2. The van der Waals surface area contributed by atoms with Crippen molar-refractivity contribution in [3.8, 4) is 17.2 Å². The maximum atomic E-state index is 14.1. The highest BCUT2D eigenvalue weighted by Gasteiger charge is 2.45. The first-order valence-electron chi connectivity index (χ1n) is 15.8.